The Balaban J connectivity index is 1.86. The van der Waals surface area contributed by atoms with Crippen molar-refractivity contribution >= 4 is 17.7 Å². The maximum Gasteiger partial charge on any atom is 0.325 e. The third-order valence-corrected chi connectivity index (χ3v) is 4.76. The van der Waals surface area contributed by atoms with Crippen molar-refractivity contribution in [1.82, 2.24) is 10.2 Å². The van der Waals surface area contributed by atoms with E-state index in [1.165, 1.54) is 19.2 Å². The number of hydrogen-bond acceptors (Lipinski definition) is 4. The third-order valence-electron chi connectivity index (χ3n) is 4.76. The summed E-state index contributed by atoms with van der Waals surface area (Å²) in [4.78, 5) is 38.8. The molecule has 0 unspecified atom stereocenters. The van der Waals surface area contributed by atoms with E-state index in [0.717, 1.165) is 17.0 Å². The van der Waals surface area contributed by atoms with Crippen LogP contribution in [0.4, 0.5) is 9.18 Å². The van der Waals surface area contributed by atoms with Gasteiger partial charge in [0, 0.05) is 5.56 Å². The van der Waals surface area contributed by atoms with E-state index in [4.69, 9.17) is 4.74 Å². The number of amides is 3. The lowest BCUT2D eigenvalue weighted by atomic mass is 9.87. The van der Waals surface area contributed by atoms with Gasteiger partial charge in [-0.25, -0.2) is 9.18 Å². The molecule has 2 aromatic rings. The van der Waals surface area contributed by atoms with Gasteiger partial charge in [-0.2, -0.15) is 0 Å². The van der Waals surface area contributed by atoms with E-state index in [1.807, 2.05) is 0 Å². The fraction of sp³-hybridized carbons (Fsp3) is 0.250. The minimum atomic E-state index is -1.23. The predicted molar refractivity (Wildman–Crippen MR) is 95.9 cm³/mol. The number of ketones is 1. The molecule has 27 heavy (non-hydrogen) atoms. The van der Waals surface area contributed by atoms with E-state index in [-0.39, 0.29) is 5.56 Å². The summed E-state index contributed by atoms with van der Waals surface area (Å²) in [5.74, 6) is -0.771. The number of urea groups is 1. The summed E-state index contributed by atoms with van der Waals surface area (Å²) < 4.78 is 18.1. The Kier molecular flexibility index (Phi) is 4.94. The highest BCUT2D eigenvalue weighted by atomic mass is 19.1. The Morgan fingerprint density at radius 1 is 1.11 bits per heavy atom. The van der Waals surface area contributed by atoms with Crippen LogP contribution in [0.5, 0.6) is 5.75 Å². The van der Waals surface area contributed by atoms with Crippen molar-refractivity contribution in [1.29, 1.82) is 0 Å². The molecule has 3 rings (SSSR count). The first-order valence-electron chi connectivity index (χ1n) is 8.48. The van der Waals surface area contributed by atoms with Crippen LogP contribution in [0.25, 0.3) is 0 Å². The van der Waals surface area contributed by atoms with E-state index in [0.29, 0.717) is 17.7 Å². The average molecular weight is 370 g/mol. The molecule has 0 spiro atoms. The number of nitrogens with one attached hydrogen (secondary N) is 1. The molecule has 6 nitrogen and oxygen atoms in total. The standard InChI is InChI=1S/C20H19FN2O4/c1-3-20(14-6-10-16(27-2)11-7-14)18(25)23(19(26)22-20)12-17(24)13-4-8-15(21)9-5-13/h4-11H,3,12H2,1-2H3,(H,22,26)/t20-/m1/s1. The molecule has 7 heteroatoms. The number of hydrogen-bond donors (Lipinski definition) is 1. The Labute approximate surface area is 155 Å². The maximum absolute atomic E-state index is 13.0. The molecule has 0 saturated carbocycles. The maximum atomic E-state index is 13.0. The van der Waals surface area contributed by atoms with Crippen LogP contribution in [-0.4, -0.2) is 36.3 Å². The van der Waals surface area contributed by atoms with Crippen LogP contribution < -0.4 is 10.1 Å². The Morgan fingerprint density at radius 2 is 1.74 bits per heavy atom. The van der Waals surface area contributed by atoms with Crippen LogP contribution in [-0.2, 0) is 10.3 Å². The molecule has 0 radical (unpaired) electrons. The summed E-state index contributed by atoms with van der Waals surface area (Å²) in [5.41, 5.74) is -0.386. The number of carbonyl (C=O) groups excluding carboxylic acids is 3. The summed E-state index contributed by atoms with van der Waals surface area (Å²) in [5, 5.41) is 2.72. The van der Waals surface area contributed by atoms with Gasteiger partial charge in [0.15, 0.2) is 5.78 Å². The van der Waals surface area contributed by atoms with Gasteiger partial charge in [-0.05, 0) is 48.4 Å². The summed E-state index contributed by atoms with van der Waals surface area (Å²) in [7, 11) is 1.54. The lowest BCUT2D eigenvalue weighted by Gasteiger charge is -2.26. The van der Waals surface area contributed by atoms with Gasteiger partial charge in [0.2, 0.25) is 0 Å². The minimum absolute atomic E-state index is 0.232. The highest BCUT2D eigenvalue weighted by Crippen LogP contribution is 2.33. The number of rotatable bonds is 6. The Morgan fingerprint density at radius 3 is 2.30 bits per heavy atom. The number of imide groups is 1. The fourth-order valence-corrected chi connectivity index (χ4v) is 3.16. The van der Waals surface area contributed by atoms with E-state index < -0.39 is 35.6 Å². The molecule has 1 saturated heterocycles. The highest BCUT2D eigenvalue weighted by molar-refractivity contribution is 6.11. The smallest absolute Gasteiger partial charge is 0.325 e. The molecule has 0 bridgehead atoms. The monoisotopic (exact) mass is 370 g/mol. The number of ether oxygens (including phenoxy) is 1. The third kappa shape index (κ3) is 3.28. The highest BCUT2D eigenvalue weighted by Gasteiger charge is 2.51. The quantitative estimate of drug-likeness (QED) is 0.627. The van der Waals surface area contributed by atoms with Crippen molar-refractivity contribution in [2.45, 2.75) is 18.9 Å². The topological polar surface area (TPSA) is 75.7 Å². The number of nitrogens with zero attached hydrogens (tertiary/aromatic N) is 1. The molecule has 1 N–H and O–H groups in total. The van der Waals surface area contributed by atoms with E-state index in [2.05, 4.69) is 5.32 Å². The van der Waals surface area contributed by atoms with Crippen molar-refractivity contribution < 1.29 is 23.5 Å². The van der Waals surface area contributed by atoms with Crippen molar-refractivity contribution in [3.05, 3.63) is 65.5 Å². The Hall–Kier alpha value is -3.22. The lowest BCUT2D eigenvalue weighted by Crippen LogP contribution is -2.43. The molecule has 3 amide bonds. The largest absolute Gasteiger partial charge is 0.497 e. The molecule has 1 heterocycles. The van der Waals surface area contributed by atoms with Crippen LogP contribution in [0.2, 0.25) is 0 Å². The second-order valence-corrected chi connectivity index (χ2v) is 6.24. The zero-order valence-electron chi connectivity index (χ0n) is 15.0. The van der Waals surface area contributed by atoms with Crippen molar-refractivity contribution in [2.24, 2.45) is 0 Å². The minimum Gasteiger partial charge on any atom is -0.497 e. The normalized spacial score (nSPS) is 19.1. The van der Waals surface area contributed by atoms with Crippen molar-refractivity contribution in [3.63, 3.8) is 0 Å². The number of halogens is 1. The van der Waals surface area contributed by atoms with E-state index in [1.54, 1.807) is 31.2 Å². The van der Waals surface area contributed by atoms with Crippen LogP contribution in [0.3, 0.4) is 0 Å². The first kappa shape index (κ1) is 18.6. The summed E-state index contributed by atoms with van der Waals surface area (Å²) in [6.45, 7) is 1.38. The van der Waals surface area contributed by atoms with Gasteiger partial charge in [0.05, 0.1) is 13.7 Å². The number of Topliss-reactive ketones (excluding diaryl/α,β-unsaturated/α-hetero) is 1. The van der Waals surface area contributed by atoms with Crippen molar-refractivity contribution in [3.8, 4) is 5.75 Å². The number of carbonyl (C=O) groups is 3. The van der Waals surface area contributed by atoms with E-state index >= 15 is 0 Å². The van der Waals surface area contributed by atoms with Crippen LogP contribution in [0.1, 0.15) is 29.3 Å². The zero-order chi connectivity index (χ0) is 19.6. The average Bonchev–Trinajstić information content (AvgIpc) is 2.93. The van der Waals surface area contributed by atoms with Gasteiger partial charge in [-0.3, -0.25) is 14.5 Å². The molecule has 0 aliphatic carbocycles. The van der Waals surface area contributed by atoms with Crippen molar-refractivity contribution in [2.75, 3.05) is 13.7 Å². The van der Waals surface area contributed by atoms with E-state index in [9.17, 15) is 18.8 Å². The van der Waals surface area contributed by atoms with Gasteiger partial charge in [-0.1, -0.05) is 19.1 Å². The first-order chi connectivity index (χ1) is 12.9. The molecule has 1 fully saturated rings. The van der Waals surface area contributed by atoms with Gasteiger partial charge in [0.1, 0.15) is 17.1 Å². The van der Waals surface area contributed by atoms with Gasteiger partial charge in [0.25, 0.3) is 5.91 Å². The predicted octanol–water partition coefficient (Wildman–Crippen LogP) is 2.87. The second kappa shape index (κ2) is 7.19. The second-order valence-electron chi connectivity index (χ2n) is 6.24. The summed E-state index contributed by atoms with van der Waals surface area (Å²) in [6, 6.07) is 11.2. The molecular weight excluding hydrogens is 351 g/mol. The SMILES string of the molecule is CC[C@]1(c2ccc(OC)cc2)NC(=O)N(CC(=O)c2ccc(F)cc2)C1=O. The molecule has 140 valence electrons. The fourth-order valence-electron chi connectivity index (χ4n) is 3.16. The van der Waals surface area contributed by atoms with Gasteiger partial charge < -0.3 is 10.1 Å². The van der Waals surface area contributed by atoms with Gasteiger partial charge in [-0.15, -0.1) is 0 Å². The van der Waals surface area contributed by atoms with Crippen LogP contribution in [0, 0.1) is 5.82 Å². The molecule has 0 aromatic heterocycles. The zero-order valence-corrected chi connectivity index (χ0v) is 15.0. The van der Waals surface area contributed by atoms with Gasteiger partial charge >= 0.3 is 6.03 Å². The first-order valence-corrected chi connectivity index (χ1v) is 8.48. The van der Waals surface area contributed by atoms with Crippen LogP contribution in [0.15, 0.2) is 48.5 Å². The lowest BCUT2D eigenvalue weighted by molar-refractivity contribution is -0.131. The van der Waals surface area contributed by atoms with Crippen LogP contribution >= 0.6 is 0 Å². The number of benzene rings is 2. The molecule has 1 aliphatic rings. The summed E-state index contributed by atoms with van der Waals surface area (Å²) in [6.07, 6.45) is 0.325. The summed E-state index contributed by atoms with van der Waals surface area (Å²) >= 11 is 0. The number of methoxy groups -OCH3 is 1. The Bertz CT molecular complexity index is 880. The molecule has 1 aliphatic heterocycles. The molecule has 2 aromatic carbocycles. The molecule has 1 atom stereocenters. The molecular formula is C20H19FN2O4.